The quantitative estimate of drug-likeness (QED) is 0.760. The first kappa shape index (κ1) is 12.7. The number of hydrogen-bond acceptors (Lipinski definition) is 1. The van der Waals surface area contributed by atoms with Gasteiger partial charge >= 0.3 is 6.18 Å². The summed E-state index contributed by atoms with van der Waals surface area (Å²) in [5.41, 5.74) is -0.440. The Morgan fingerprint density at radius 2 is 2.18 bits per heavy atom. The first-order valence-corrected chi connectivity index (χ1v) is 6.23. The van der Waals surface area contributed by atoms with Crippen LogP contribution >= 0.6 is 0 Å². The number of amides is 1. The van der Waals surface area contributed by atoms with Crippen molar-refractivity contribution in [3.63, 3.8) is 0 Å². The molecule has 5 heteroatoms. The maximum absolute atomic E-state index is 12.8. The molecule has 3 unspecified atom stereocenters. The second-order valence-electron chi connectivity index (χ2n) is 5.40. The molecule has 1 spiro atoms. The van der Waals surface area contributed by atoms with Gasteiger partial charge in [-0.25, -0.2) is 0 Å². The minimum atomic E-state index is -4.11. The molecule has 0 aromatic carbocycles. The fourth-order valence-electron chi connectivity index (χ4n) is 3.53. The number of carbonyl (C=O) groups excluding carboxylic acids is 1. The van der Waals surface area contributed by atoms with E-state index in [0.717, 1.165) is 12.8 Å². The van der Waals surface area contributed by atoms with Gasteiger partial charge in [0.2, 0.25) is 5.91 Å². The lowest BCUT2D eigenvalue weighted by Gasteiger charge is -2.41. The van der Waals surface area contributed by atoms with Crippen LogP contribution in [-0.2, 0) is 4.79 Å². The Balaban J connectivity index is 2.17. The largest absolute Gasteiger partial charge is 0.391 e. The van der Waals surface area contributed by atoms with E-state index in [2.05, 4.69) is 5.32 Å². The summed E-state index contributed by atoms with van der Waals surface area (Å²) >= 11 is 0. The van der Waals surface area contributed by atoms with E-state index >= 15 is 0 Å². The second-order valence-corrected chi connectivity index (χ2v) is 5.40. The third kappa shape index (κ3) is 2.29. The first-order chi connectivity index (χ1) is 7.87. The number of carbonyl (C=O) groups is 1. The van der Waals surface area contributed by atoms with Gasteiger partial charge in [-0.15, -0.1) is 0 Å². The van der Waals surface area contributed by atoms with Gasteiger partial charge in [0.05, 0.1) is 5.92 Å². The second kappa shape index (κ2) is 4.18. The van der Waals surface area contributed by atoms with Gasteiger partial charge in [-0.1, -0.05) is 13.3 Å². The zero-order valence-corrected chi connectivity index (χ0v) is 9.94. The van der Waals surface area contributed by atoms with Crippen molar-refractivity contribution < 1.29 is 18.0 Å². The molecule has 0 bridgehead atoms. The fraction of sp³-hybridized carbons (Fsp3) is 0.917. The van der Waals surface area contributed by atoms with Crippen molar-refractivity contribution in [1.82, 2.24) is 5.32 Å². The SMILES string of the molecule is CCC1NC(=O)CC12CCCC(C(F)(F)F)C2. The van der Waals surface area contributed by atoms with E-state index in [9.17, 15) is 18.0 Å². The van der Waals surface area contributed by atoms with Gasteiger partial charge in [0.15, 0.2) is 0 Å². The molecule has 1 amide bonds. The Kier molecular flexibility index (Phi) is 3.12. The number of hydrogen-bond donors (Lipinski definition) is 1. The summed E-state index contributed by atoms with van der Waals surface area (Å²) < 4.78 is 38.4. The molecule has 0 radical (unpaired) electrons. The van der Waals surface area contributed by atoms with E-state index in [1.165, 1.54) is 0 Å². The standard InChI is InChI=1S/C12H18F3NO/c1-2-9-11(7-10(17)16-9)5-3-4-8(6-11)12(13,14)15/h8-9H,2-7H2,1H3,(H,16,17). The smallest absolute Gasteiger partial charge is 0.353 e. The summed E-state index contributed by atoms with van der Waals surface area (Å²) in [7, 11) is 0. The third-order valence-electron chi connectivity index (χ3n) is 4.34. The summed E-state index contributed by atoms with van der Waals surface area (Å²) in [6, 6.07) is -0.0693. The molecule has 2 aliphatic rings. The lowest BCUT2D eigenvalue weighted by atomic mass is 9.65. The predicted octanol–water partition coefficient (Wildman–Crippen LogP) is 3.02. The molecule has 1 heterocycles. The van der Waals surface area contributed by atoms with Crippen LogP contribution in [0.1, 0.15) is 45.4 Å². The molecular formula is C12H18F3NO. The van der Waals surface area contributed by atoms with E-state index in [4.69, 9.17) is 0 Å². The summed E-state index contributed by atoms with van der Waals surface area (Å²) in [4.78, 5) is 11.4. The predicted molar refractivity (Wildman–Crippen MR) is 57.3 cm³/mol. The topological polar surface area (TPSA) is 29.1 Å². The maximum Gasteiger partial charge on any atom is 0.391 e. The molecule has 2 fully saturated rings. The van der Waals surface area contributed by atoms with Gasteiger partial charge in [0.1, 0.15) is 0 Å². The maximum atomic E-state index is 12.8. The van der Waals surface area contributed by atoms with Crippen molar-refractivity contribution in [1.29, 1.82) is 0 Å². The van der Waals surface area contributed by atoms with E-state index in [-0.39, 0.29) is 31.2 Å². The highest BCUT2D eigenvalue weighted by molar-refractivity contribution is 5.80. The number of halogens is 3. The number of alkyl halides is 3. The fourth-order valence-corrected chi connectivity index (χ4v) is 3.53. The van der Waals surface area contributed by atoms with Gasteiger partial charge in [-0.05, 0) is 31.1 Å². The molecule has 1 saturated carbocycles. The lowest BCUT2D eigenvalue weighted by Crippen LogP contribution is -2.43. The molecule has 0 aromatic heterocycles. The summed E-state index contributed by atoms with van der Waals surface area (Å²) in [6.45, 7) is 1.93. The van der Waals surface area contributed by atoms with Crippen LogP contribution < -0.4 is 5.32 Å². The normalized spacial score (nSPS) is 38.5. The highest BCUT2D eigenvalue weighted by atomic mass is 19.4. The van der Waals surface area contributed by atoms with Crippen LogP contribution in [0.4, 0.5) is 13.2 Å². The van der Waals surface area contributed by atoms with Gasteiger partial charge in [0, 0.05) is 12.5 Å². The molecule has 1 aliphatic heterocycles. The zero-order valence-electron chi connectivity index (χ0n) is 9.94. The van der Waals surface area contributed by atoms with Crippen molar-refractivity contribution >= 4 is 5.91 Å². The van der Waals surface area contributed by atoms with Crippen molar-refractivity contribution in [3.8, 4) is 0 Å². The monoisotopic (exact) mass is 249 g/mol. The molecule has 1 N–H and O–H groups in total. The van der Waals surface area contributed by atoms with Gasteiger partial charge in [0.25, 0.3) is 0 Å². The van der Waals surface area contributed by atoms with Gasteiger partial charge < -0.3 is 5.32 Å². The molecule has 17 heavy (non-hydrogen) atoms. The van der Waals surface area contributed by atoms with Crippen LogP contribution in [-0.4, -0.2) is 18.1 Å². The van der Waals surface area contributed by atoms with Gasteiger partial charge in [-0.3, -0.25) is 4.79 Å². The third-order valence-corrected chi connectivity index (χ3v) is 4.34. The van der Waals surface area contributed by atoms with Crippen molar-refractivity contribution in [2.24, 2.45) is 11.3 Å². The van der Waals surface area contributed by atoms with Gasteiger partial charge in [-0.2, -0.15) is 13.2 Å². The highest BCUT2D eigenvalue weighted by Crippen LogP contribution is 2.51. The minimum absolute atomic E-state index is 0.0693. The van der Waals surface area contributed by atoms with Crippen LogP contribution in [0, 0.1) is 11.3 Å². The summed E-state index contributed by atoms with van der Waals surface area (Å²) in [5.74, 6) is -1.31. The van der Waals surface area contributed by atoms with E-state index in [1.54, 1.807) is 0 Å². The average Bonchev–Trinajstić information content (AvgIpc) is 2.53. The van der Waals surface area contributed by atoms with E-state index in [0.29, 0.717) is 6.42 Å². The van der Waals surface area contributed by atoms with Crippen LogP contribution in [0.5, 0.6) is 0 Å². The zero-order chi connectivity index (χ0) is 12.7. The average molecular weight is 249 g/mol. The minimum Gasteiger partial charge on any atom is -0.353 e. The lowest BCUT2D eigenvalue weighted by molar-refractivity contribution is -0.193. The summed E-state index contributed by atoms with van der Waals surface area (Å²) in [5, 5.41) is 2.83. The van der Waals surface area contributed by atoms with Crippen molar-refractivity contribution in [2.45, 2.75) is 57.7 Å². The Morgan fingerprint density at radius 3 is 2.76 bits per heavy atom. The molecule has 3 atom stereocenters. The number of nitrogens with one attached hydrogen (secondary N) is 1. The van der Waals surface area contributed by atoms with Crippen molar-refractivity contribution in [3.05, 3.63) is 0 Å². The number of rotatable bonds is 1. The van der Waals surface area contributed by atoms with Crippen molar-refractivity contribution in [2.75, 3.05) is 0 Å². The Morgan fingerprint density at radius 1 is 1.47 bits per heavy atom. The molecular weight excluding hydrogens is 231 g/mol. The molecule has 2 rings (SSSR count). The molecule has 1 saturated heterocycles. The van der Waals surface area contributed by atoms with Crippen LogP contribution in [0.25, 0.3) is 0 Å². The van der Waals surface area contributed by atoms with E-state index < -0.39 is 17.5 Å². The Labute approximate surface area is 98.9 Å². The molecule has 98 valence electrons. The Hall–Kier alpha value is -0.740. The molecule has 1 aliphatic carbocycles. The molecule has 0 aromatic rings. The highest BCUT2D eigenvalue weighted by Gasteiger charge is 2.53. The van der Waals surface area contributed by atoms with Crippen LogP contribution in [0.3, 0.4) is 0 Å². The van der Waals surface area contributed by atoms with Crippen LogP contribution in [0.2, 0.25) is 0 Å². The first-order valence-electron chi connectivity index (χ1n) is 6.23. The molecule has 2 nitrogen and oxygen atoms in total. The summed E-state index contributed by atoms with van der Waals surface area (Å²) in [6.07, 6.45) is -1.46. The Bertz CT molecular complexity index is 315. The van der Waals surface area contributed by atoms with Crippen LogP contribution in [0.15, 0.2) is 0 Å². The van der Waals surface area contributed by atoms with E-state index in [1.807, 2.05) is 6.92 Å².